The summed E-state index contributed by atoms with van der Waals surface area (Å²) in [6.07, 6.45) is 0.520. The molecule has 1 atom stereocenters. The van der Waals surface area contributed by atoms with E-state index < -0.39 is 5.54 Å². The predicted octanol–water partition coefficient (Wildman–Crippen LogP) is 2.99. The second-order valence-electron chi connectivity index (χ2n) is 6.08. The van der Waals surface area contributed by atoms with Crippen LogP contribution in [-0.4, -0.2) is 35.5 Å². The number of rotatable bonds is 6. The summed E-state index contributed by atoms with van der Waals surface area (Å²) in [5.41, 5.74) is 1.05. The summed E-state index contributed by atoms with van der Waals surface area (Å²) in [6, 6.07) is 11.2. The lowest BCUT2D eigenvalue weighted by molar-refractivity contribution is -0.133. The largest absolute Gasteiger partial charge is 0.326 e. The van der Waals surface area contributed by atoms with E-state index in [1.54, 1.807) is 11.3 Å². The van der Waals surface area contributed by atoms with Gasteiger partial charge < -0.3 is 5.32 Å². The van der Waals surface area contributed by atoms with Crippen LogP contribution in [0.1, 0.15) is 24.5 Å². The number of nitrogens with zero attached hydrogens (tertiary/aromatic N) is 2. The first-order valence-corrected chi connectivity index (χ1v) is 8.90. The molecule has 1 aromatic heterocycles. The monoisotopic (exact) mass is 343 g/mol. The van der Waals surface area contributed by atoms with Crippen LogP contribution in [0.15, 0.2) is 47.2 Å². The Balaban J connectivity index is 1.78. The van der Waals surface area contributed by atoms with Gasteiger partial charge in [0.25, 0.3) is 5.91 Å². The number of carbonyl (C=O) groups excluding carboxylic acids is 2. The number of amides is 3. The minimum Gasteiger partial charge on any atom is -0.319 e. The van der Waals surface area contributed by atoms with Gasteiger partial charge in [0.15, 0.2) is 0 Å². The number of imide groups is 1. The zero-order valence-electron chi connectivity index (χ0n) is 13.9. The molecule has 1 saturated heterocycles. The van der Waals surface area contributed by atoms with E-state index in [2.05, 4.69) is 10.7 Å². The number of nitrogens with one attached hydrogen (secondary N) is 1. The maximum absolute atomic E-state index is 13.0. The van der Waals surface area contributed by atoms with E-state index in [0.717, 1.165) is 5.56 Å². The van der Waals surface area contributed by atoms with Crippen LogP contribution in [0.2, 0.25) is 0 Å². The van der Waals surface area contributed by atoms with E-state index in [0.29, 0.717) is 13.0 Å². The highest BCUT2D eigenvalue weighted by atomic mass is 32.1. The first-order valence-electron chi connectivity index (χ1n) is 7.96. The van der Waals surface area contributed by atoms with Crippen LogP contribution in [0, 0.1) is 0 Å². The molecule has 0 spiro atoms. The fourth-order valence-corrected chi connectivity index (χ4v) is 3.76. The van der Waals surface area contributed by atoms with Crippen LogP contribution in [0.25, 0.3) is 0 Å². The topological polar surface area (TPSA) is 52.7 Å². The van der Waals surface area contributed by atoms with Crippen LogP contribution in [-0.2, 0) is 16.9 Å². The molecule has 0 bridgehead atoms. The Bertz CT molecular complexity index is 717. The van der Waals surface area contributed by atoms with Crippen molar-refractivity contribution in [3.05, 3.63) is 58.3 Å². The molecule has 6 heteroatoms. The van der Waals surface area contributed by atoms with E-state index >= 15 is 0 Å². The molecule has 126 valence electrons. The molecule has 1 fully saturated rings. The number of hydrogen-bond donors (Lipinski definition) is 1. The van der Waals surface area contributed by atoms with Gasteiger partial charge in [-0.2, -0.15) is 11.3 Å². The first-order chi connectivity index (χ1) is 11.6. The molecule has 24 heavy (non-hydrogen) atoms. The normalized spacial score (nSPS) is 20.7. The maximum Gasteiger partial charge on any atom is 0.326 e. The summed E-state index contributed by atoms with van der Waals surface area (Å²) in [7, 11) is 1.91. The van der Waals surface area contributed by atoms with Crippen molar-refractivity contribution in [3.63, 3.8) is 0 Å². The number of thiophene rings is 1. The van der Waals surface area contributed by atoms with Gasteiger partial charge in [0.05, 0.1) is 6.67 Å². The Morgan fingerprint density at radius 1 is 1.21 bits per heavy atom. The Hall–Kier alpha value is -2.18. The third-order valence-electron chi connectivity index (χ3n) is 4.39. The second-order valence-corrected chi connectivity index (χ2v) is 6.86. The average Bonchev–Trinajstić information content (AvgIpc) is 3.18. The van der Waals surface area contributed by atoms with E-state index in [4.69, 9.17) is 0 Å². The third kappa shape index (κ3) is 2.95. The number of carbonyl (C=O) groups is 2. The molecule has 0 saturated carbocycles. The number of hydrogen-bond acceptors (Lipinski definition) is 4. The van der Waals surface area contributed by atoms with Gasteiger partial charge in [0.1, 0.15) is 5.54 Å². The van der Waals surface area contributed by atoms with Crippen LogP contribution in [0.3, 0.4) is 0 Å². The fourth-order valence-electron chi connectivity index (χ4n) is 3.10. The van der Waals surface area contributed by atoms with Crippen LogP contribution in [0.5, 0.6) is 0 Å². The van der Waals surface area contributed by atoms with Crippen molar-refractivity contribution in [2.45, 2.75) is 25.4 Å². The van der Waals surface area contributed by atoms with Crippen molar-refractivity contribution in [1.29, 1.82) is 0 Å². The summed E-state index contributed by atoms with van der Waals surface area (Å²) in [5.74, 6) is -0.182. The Morgan fingerprint density at radius 3 is 2.58 bits per heavy atom. The zero-order valence-corrected chi connectivity index (χ0v) is 14.7. The van der Waals surface area contributed by atoms with Crippen molar-refractivity contribution >= 4 is 23.3 Å². The third-order valence-corrected chi connectivity index (χ3v) is 5.12. The molecule has 1 aliphatic heterocycles. The molecule has 3 rings (SSSR count). The molecule has 2 heterocycles. The standard InChI is InChI=1S/C18H21N3O2S/c1-3-18(15-7-5-4-6-8-15)16(22)21(17(23)19-18)13-20(2)11-14-9-10-24-12-14/h4-10,12H,3,11,13H2,1-2H3,(H,19,23)/t18-/m1/s1. The predicted molar refractivity (Wildman–Crippen MR) is 94.4 cm³/mol. The zero-order chi connectivity index (χ0) is 17.2. The van der Waals surface area contributed by atoms with Gasteiger partial charge in [-0.1, -0.05) is 37.3 Å². The Labute approximate surface area is 145 Å². The molecule has 5 nitrogen and oxygen atoms in total. The summed E-state index contributed by atoms with van der Waals surface area (Å²) in [4.78, 5) is 28.7. The molecule has 0 aliphatic carbocycles. The van der Waals surface area contributed by atoms with Gasteiger partial charge >= 0.3 is 6.03 Å². The minimum absolute atomic E-state index is 0.182. The fraction of sp³-hybridized carbons (Fsp3) is 0.333. The molecule has 1 aromatic carbocycles. The number of urea groups is 1. The molecular formula is C18H21N3O2S. The van der Waals surface area contributed by atoms with E-state index in [1.165, 1.54) is 10.5 Å². The van der Waals surface area contributed by atoms with E-state index in [1.807, 2.05) is 60.6 Å². The molecule has 0 unspecified atom stereocenters. The van der Waals surface area contributed by atoms with E-state index in [-0.39, 0.29) is 18.6 Å². The molecule has 1 N–H and O–H groups in total. The van der Waals surface area contributed by atoms with Gasteiger partial charge in [0.2, 0.25) is 0 Å². The highest BCUT2D eigenvalue weighted by Crippen LogP contribution is 2.32. The van der Waals surface area contributed by atoms with Crippen molar-refractivity contribution in [2.24, 2.45) is 0 Å². The highest BCUT2D eigenvalue weighted by molar-refractivity contribution is 7.07. The molecular weight excluding hydrogens is 322 g/mol. The minimum atomic E-state index is -0.957. The Morgan fingerprint density at radius 2 is 1.96 bits per heavy atom. The van der Waals surface area contributed by atoms with Gasteiger partial charge in [-0.25, -0.2) is 9.69 Å². The first kappa shape index (κ1) is 16.7. The van der Waals surface area contributed by atoms with Crippen LogP contribution < -0.4 is 5.32 Å². The molecule has 0 radical (unpaired) electrons. The van der Waals surface area contributed by atoms with Crippen LogP contribution in [0.4, 0.5) is 4.79 Å². The Kier molecular flexibility index (Phi) is 4.69. The lowest BCUT2D eigenvalue weighted by Gasteiger charge is -2.27. The van der Waals surface area contributed by atoms with Gasteiger partial charge in [-0.3, -0.25) is 9.69 Å². The molecule has 3 amide bonds. The van der Waals surface area contributed by atoms with E-state index in [9.17, 15) is 9.59 Å². The number of benzene rings is 1. The summed E-state index contributed by atoms with van der Waals surface area (Å²) in [6.45, 7) is 2.89. The van der Waals surface area contributed by atoms with Gasteiger partial charge in [-0.05, 0) is 41.4 Å². The quantitative estimate of drug-likeness (QED) is 0.821. The average molecular weight is 343 g/mol. The van der Waals surface area contributed by atoms with Crippen LogP contribution >= 0.6 is 11.3 Å². The smallest absolute Gasteiger partial charge is 0.319 e. The summed E-state index contributed by atoms with van der Waals surface area (Å²) < 4.78 is 0. The van der Waals surface area contributed by atoms with Crippen molar-refractivity contribution in [2.75, 3.05) is 13.7 Å². The lowest BCUT2D eigenvalue weighted by Crippen LogP contribution is -2.44. The SMILES string of the molecule is CC[C@]1(c2ccccc2)NC(=O)N(CN(C)Cc2ccsc2)C1=O. The lowest BCUT2D eigenvalue weighted by atomic mass is 9.87. The maximum atomic E-state index is 13.0. The summed E-state index contributed by atoms with van der Waals surface area (Å²) >= 11 is 1.64. The summed E-state index contributed by atoms with van der Waals surface area (Å²) in [5, 5.41) is 7.00. The van der Waals surface area contributed by atoms with Crippen molar-refractivity contribution in [1.82, 2.24) is 15.1 Å². The highest BCUT2D eigenvalue weighted by Gasteiger charge is 2.51. The molecule has 2 aromatic rings. The van der Waals surface area contributed by atoms with Crippen molar-refractivity contribution in [3.8, 4) is 0 Å². The van der Waals surface area contributed by atoms with Gasteiger partial charge in [-0.15, -0.1) is 0 Å². The van der Waals surface area contributed by atoms with Gasteiger partial charge in [0, 0.05) is 6.54 Å². The van der Waals surface area contributed by atoms with Crippen molar-refractivity contribution < 1.29 is 9.59 Å². The molecule has 1 aliphatic rings. The second kappa shape index (κ2) is 6.75.